The average molecular weight is 415 g/mol. The number of hydrogen-bond donors (Lipinski definition) is 1. The van der Waals surface area contributed by atoms with Crippen LogP contribution in [0.3, 0.4) is 0 Å². The Morgan fingerprint density at radius 1 is 1.10 bits per heavy atom. The topological polar surface area (TPSA) is 110 Å². The van der Waals surface area contributed by atoms with Gasteiger partial charge in [0.1, 0.15) is 12.0 Å². The molecule has 0 unspecified atom stereocenters. The standard InChI is InChI=1S/C19H21N5O4S/c1-14-22-18(13-28-14)15-2-4-17(5-3-15)29(25,26)21-12-16-6-7-20-19(23-16)24-8-10-27-11-9-24/h2-7,13,21H,8-12H2,1H3. The number of anilines is 1. The van der Waals surface area contributed by atoms with Crippen molar-refractivity contribution >= 4 is 16.0 Å². The summed E-state index contributed by atoms with van der Waals surface area (Å²) in [5, 5.41) is 0. The number of nitrogens with one attached hydrogen (secondary N) is 1. The van der Waals surface area contributed by atoms with Crippen molar-refractivity contribution in [2.24, 2.45) is 0 Å². The van der Waals surface area contributed by atoms with E-state index in [0.717, 1.165) is 5.56 Å². The lowest BCUT2D eigenvalue weighted by atomic mass is 10.2. The van der Waals surface area contributed by atoms with Crippen LogP contribution in [0.4, 0.5) is 5.95 Å². The van der Waals surface area contributed by atoms with Crippen LogP contribution in [-0.4, -0.2) is 49.7 Å². The number of oxazole rings is 1. The lowest BCUT2D eigenvalue weighted by molar-refractivity contribution is 0.122. The van der Waals surface area contributed by atoms with Gasteiger partial charge in [0.25, 0.3) is 0 Å². The number of hydrogen-bond acceptors (Lipinski definition) is 8. The first-order valence-corrected chi connectivity index (χ1v) is 10.7. The van der Waals surface area contributed by atoms with Crippen LogP contribution in [0.15, 0.2) is 52.1 Å². The molecule has 1 aromatic carbocycles. The second-order valence-corrected chi connectivity index (χ2v) is 8.32. The van der Waals surface area contributed by atoms with E-state index >= 15 is 0 Å². The highest BCUT2D eigenvalue weighted by Crippen LogP contribution is 2.21. The SMILES string of the molecule is Cc1nc(-c2ccc(S(=O)(=O)NCc3ccnc(N4CCOCC4)n3)cc2)co1. The minimum atomic E-state index is -3.68. The van der Waals surface area contributed by atoms with Crippen molar-refractivity contribution in [1.82, 2.24) is 19.7 Å². The van der Waals surface area contributed by atoms with E-state index in [0.29, 0.717) is 49.5 Å². The largest absolute Gasteiger partial charge is 0.449 e. The van der Waals surface area contributed by atoms with E-state index < -0.39 is 10.0 Å². The molecule has 0 bridgehead atoms. The van der Waals surface area contributed by atoms with Gasteiger partial charge in [-0.25, -0.2) is 28.1 Å². The molecule has 3 aromatic rings. The lowest BCUT2D eigenvalue weighted by Gasteiger charge is -2.26. The van der Waals surface area contributed by atoms with Gasteiger partial charge in [-0.2, -0.15) is 0 Å². The summed E-state index contributed by atoms with van der Waals surface area (Å²) in [4.78, 5) is 15.2. The molecule has 10 heteroatoms. The van der Waals surface area contributed by atoms with E-state index in [1.54, 1.807) is 43.5 Å². The van der Waals surface area contributed by atoms with Crippen LogP contribution in [0.25, 0.3) is 11.3 Å². The van der Waals surface area contributed by atoms with Gasteiger partial charge < -0.3 is 14.1 Å². The number of sulfonamides is 1. The second kappa shape index (κ2) is 8.27. The third-order valence-electron chi connectivity index (χ3n) is 4.52. The number of benzene rings is 1. The molecule has 0 aliphatic carbocycles. The zero-order chi connectivity index (χ0) is 20.3. The fourth-order valence-electron chi connectivity index (χ4n) is 2.95. The molecule has 4 rings (SSSR count). The van der Waals surface area contributed by atoms with Gasteiger partial charge in [-0.3, -0.25) is 0 Å². The Kier molecular flexibility index (Phi) is 5.56. The number of aromatic nitrogens is 3. The van der Waals surface area contributed by atoms with E-state index in [9.17, 15) is 8.42 Å². The number of rotatable bonds is 6. The molecular weight excluding hydrogens is 394 g/mol. The maximum Gasteiger partial charge on any atom is 0.240 e. The summed E-state index contributed by atoms with van der Waals surface area (Å²) in [6, 6.07) is 8.18. The van der Waals surface area contributed by atoms with E-state index in [1.165, 1.54) is 6.26 Å². The summed E-state index contributed by atoms with van der Waals surface area (Å²) in [5.74, 6) is 1.14. The van der Waals surface area contributed by atoms with Crippen molar-refractivity contribution in [3.8, 4) is 11.3 Å². The van der Waals surface area contributed by atoms with Crippen molar-refractivity contribution in [3.63, 3.8) is 0 Å². The molecule has 152 valence electrons. The van der Waals surface area contributed by atoms with Crippen molar-refractivity contribution in [2.75, 3.05) is 31.2 Å². The highest BCUT2D eigenvalue weighted by atomic mass is 32.2. The van der Waals surface area contributed by atoms with Crippen LogP contribution < -0.4 is 9.62 Å². The first-order chi connectivity index (χ1) is 14.0. The Morgan fingerprint density at radius 3 is 2.55 bits per heavy atom. The summed E-state index contributed by atoms with van der Waals surface area (Å²) in [7, 11) is -3.68. The van der Waals surface area contributed by atoms with Crippen molar-refractivity contribution in [2.45, 2.75) is 18.4 Å². The summed E-state index contributed by atoms with van der Waals surface area (Å²) in [6.07, 6.45) is 3.17. The monoisotopic (exact) mass is 415 g/mol. The molecule has 0 amide bonds. The van der Waals surface area contributed by atoms with Crippen LogP contribution in [0, 0.1) is 6.92 Å². The molecule has 9 nitrogen and oxygen atoms in total. The Balaban J connectivity index is 1.43. The van der Waals surface area contributed by atoms with Crippen LogP contribution in [0.2, 0.25) is 0 Å². The number of morpholine rings is 1. The molecule has 0 spiro atoms. The summed E-state index contributed by atoms with van der Waals surface area (Å²) < 4.78 is 38.4. The van der Waals surface area contributed by atoms with Gasteiger partial charge in [0.15, 0.2) is 5.89 Å². The van der Waals surface area contributed by atoms with E-state index in [4.69, 9.17) is 9.15 Å². The summed E-state index contributed by atoms with van der Waals surface area (Å²) in [5.41, 5.74) is 2.04. The Hall–Kier alpha value is -2.82. The summed E-state index contributed by atoms with van der Waals surface area (Å²) in [6.45, 7) is 4.52. The fourth-order valence-corrected chi connectivity index (χ4v) is 3.95. The van der Waals surface area contributed by atoms with Crippen LogP contribution in [0.1, 0.15) is 11.6 Å². The highest BCUT2D eigenvalue weighted by molar-refractivity contribution is 7.89. The van der Waals surface area contributed by atoms with Gasteiger partial charge >= 0.3 is 0 Å². The quantitative estimate of drug-likeness (QED) is 0.648. The molecule has 0 saturated carbocycles. The minimum absolute atomic E-state index is 0.0758. The van der Waals surface area contributed by atoms with E-state index in [-0.39, 0.29) is 11.4 Å². The van der Waals surface area contributed by atoms with Crippen LogP contribution in [-0.2, 0) is 21.3 Å². The van der Waals surface area contributed by atoms with Crippen molar-refractivity contribution in [3.05, 3.63) is 54.4 Å². The van der Waals surface area contributed by atoms with Crippen LogP contribution in [0.5, 0.6) is 0 Å². The average Bonchev–Trinajstić information content (AvgIpc) is 3.20. The number of nitrogens with zero attached hydrogens (tertiary/aromatic N) is 4. The van der Waals surface area contributed by atoms with Crippen molar-refractivity contribution < 1.29 is 17.6 Å². The van der Waals surface area contributed by atoms with Gasteiger partial charge in [0.05, 0.1) is 30.3 Å². The van der Waals surface area contributed by atoms with Gasteiger partial charge in [-0.1, -0.05) is 12.1 Å². The van der Waals surface area contributed by atoms with Crippen molar-refractivity contribution in [1.29, 1.82) is 0 Å². The minimum Gasteiger partial charge on any atom is -0.449 e. The third kappa shape index (κ3) is 4.61. The molecule has 1 saturated heterocycles. The normalized spacial score (nSPS) is 14.9. The maximum absolute atomic E-state index is 12.6. The van der Waals surface area contributed by atoms with E-state index in [2.05, 4.69) is 19.7 Å². The van der Waals surface area contributed by atoms with Gasteiger partial charge in [-0.05, 0) is 18.2 Å². The molecule has 0 atom stereocenters. The molecule has 1 N–H and O–H groups in total. The lowest BCUT2D eigenvalue weighted by Crippen LogP contribution is -2.37. The molecule has 3 heterocycles. The fraction of sp³-hybridized carbons (Fsp3) is 0.316. The summed E-state index contributed by atoms with van der Waals surface area (Å²) >= 11 is 0. The van der Waals surface area contributed by atoms with Gasteiger partial charge in [0, 0.05) is 31.8 Å². The molecule has 2 aromatic heterocycles. The molecule has 29 heavy (non-hydrogen) atoms. The predicted octanol–water partition coefficient (Wildman–Crippen LogP) is 1.76. The Morgan fingerprint density at radius 2 is 1.86 bits per heavy atom. The van der Waals surface area contributed by atoms with Gasteiger partial charge in [-0.15, -0.1) is 0 Å². The Labute approximate surface area is 168 Å². The zero-order valence-electron chi connectivity index (χ0n) is 15.9. The molecule has 1 aliphatic heterocycles. The molecule has 0 radical (unpaired) electrons. The van der Waals surface area contributed by atoms with Gasteiger partial charge in [0.2, 0.25) is 16.0 Å². The predicted molar refractivity (Wildman–Crippen MR) is 106 cm³/mol. The maximum atomic E-state index is 12.6. The number of aryl methyl sites for hydroxylation is 1. The Bertz CT molecular complexity index is 1080. The van der Waals surface area contributed by atoms with Crippen LogP contribution >= 0.6 is 0 Å². The molecular formula is C19H21N5O4S. The third-order valence-corrected chi connectivity index (χ3v) is 5.93. The number of ether oxygens (including phenoxy) is 1. The van der Waals surface area contributed by atoms with E-state index in [1.807, 2.05) is 4.90 Å². The molecule has 1 fully saturated rings. The highest BCUT2D eigenvalue weighted by Gasteiger charge is 2.17. The first kappa shape index (κ1) is 19.5. The second-order valence-electron chi connectivity index (χ2n) is 6.55. The smallest absolute Gasteiger partial charge is 0.240 e. The molecule has 1 aliphatic rings. The first-order valence-electron chi connectivity index (χ1n) is 9.18. The zero-order valence-corrected chi connectivity index (χ0v) is 16.7.